The molecular formula is C4H6N2S. The van der Waals surface area contributed by atoms with Gasteiger partial charge in [0, 0.05) is 12.0 Å². The molecule has 0 aliphatic carbocycles. The molecule has 0 unspecified atom stereocenters. The summed E-state index contributed by atoms with van der Waals surface area (Å²) in [7, 11) is 0. The summed E-state index contributed by atoms with van der Waals surface area (Å²) in [5, 5.41) is 3.77. The van der Waals surface area contributed by atoms with Gasteiger partial charge in [-0.25, -0.2) is 0 Å². The Morgan fingerprint density at radius 1 is 1.71 bits per heavy atom. The minimum Gasteiger partial charge on any atom is -0.252 e. The van der Waals surface area contributed by atoms with Crippen LogP contribution in [-0.2, 0) is 0 Å². The fourth-order valence-corrected chi connectivity index (χ4v) is 0.730. The number of hydrazone groups is 1. The summed E-state index contributed by atoms with van der Waals surface area (Å²) in [6.07, 6.45) is 5.71. The van der Waals surface area contributed by atoms with Crippen molar-refractivity contribution in [1.82, 2.24) is 4.83 Å². The number of rotatable bonds is 0. The Morgan fingerprint density at radius 3 is 3.71 bits per heavy atom. The van der Waals surface area contributed by atoms with Crippen LogP contribution >= 0.6 is 11.9 Å². The van der Waals surface area contributed by atoms with Gasteiger partial charge in [-0.1, -0.05) is 6.08 Å². The van der Waals surface area contributed by atoms with Crippen molar-refractivity contribution in [3.05, 3.63) is 12.2 Å². The highest BCUT2D eigenvalue weighted by atomic mass is 32.2. The summed E-state index contributed by atoms with van der Waals surface area (Å²) in [6, 6.07) is 0. The third kappa shape index (κ3) is 1.64. The van der Waals surface area contributed by atoms with E-state index in [1.54, 1.807) is 18.2 Å². The van der Waals surface area contributed by atoms with Gasteiger partial charge >= 0.3 is 0 Å². The van der Waals surface area contributed by atoms with Crippen LogP contribution in [0.15, 0.2) is 17.3 Å². The molecule has 3 heteroatoms. The lowest BCUT2D eigenvalue weighted by molar-refractivity contribution is 1.13. The van der Waals surface area contributed by atoms with Gasteiger partial charge in [-0.15, -0.1) is 0 Å². The molecule has 1 rings (SSSR count). The highest BCUT2D eigenvalue weighted by Crippen LogP contribution is 1.94. The molecule has 0 bridgehead atoms. The average Bonchev–Trinajstić information content (AvgIpc) is 1.90. The molecule has 0 radical (unpaired) electrons. The van der Waals surface area contributed by atoms with Crippen LogP contribution in [0, 0.1) is 0 Å². The maximum absolute atomic E-state index is 3.77. The van der Waals surface area contributed by atoms with Crippen molar-refractivity contribution >= 4 is 18.2 Å². The molecule has 1 N–H and O–H groups in total. The largest absolute Gasteiger partial charge is 0.252 e. The Hall–Kier alpha value is -0.440. The highest BCUT2D eigenvalue weighted by molar-refractivity contribution is 7.97. The van der Waals surface area contributed by atoms with Gasteiger partial charge in [0.25, 0.3) is 0 Å². The van der Waals surface area contributed by atoms with Crippen molar-refractivity contribution < 1.29 is 0 Å². The molecule has 0 fully saturated rings. The van der Waals surface area contributed by atoms with E-state index in [0.717, 1.165) is 5.75 Å². The number of hydrogen-bond acceptors (Lipinski definition) is 3. The fraction of sp³-hybridized carbons (Fsp3) is 0.250. The van der Waals surface area contributed by atoms with E-state index < -0.39 is 0 Å². The number of nitrogens with zero attached hydrogens (tertiary/aromatic N) is 1. The van der Waals surface area contributed by atoms with Gasteiger partial charge in [-0.3, -0.25) is 4.83 Å². The third-order valence-electron chi connectivity index (χ3n) is 0.593. The van der Waals surface area contributed by atoms with Crippen molar-refractivity contribution in [3.8, 4) is 0 Å². The monoisotopic (exact) mass is 114 g/mol. The molecular weight excluding hydrogens is 108 g/mol. The van der Waals surface area contributed by atoms with Crippen LogP contribution in [0.1, 0.15) is 0 Å². The van der Waals surface area contributed by atoms with Crippen LogP contribution in [0.3, 0.4) is 0 Å². The van der Waals surface area contributed by atoms with Crippen molar-refractivity contribution in [2.45, 2.75) is 0 Å². The summed E-state index contributed by atoms with van der Waals surface area (Å²) in [6.45, 7) is 0. The maximum Gasteiger partial charge on any atom is 0.0475 e. The van der Waals surface area contributed by atoms with Gasteiger partial charge in [-0.2, -0.15) is 5.10 Å². The van der Waals surface area contributed by atoms with Crippen LogP contribution in [0.5, 0.6) is 0 Å². The molecule has 2 nitrogen and oxygen atoms in total. The molecule has 38 valence electrons. The number of allylic oxidation sites excluding steroid dienone is 1. The van der Waals surface area contributed by atoms with Gasteiger partial charge in [0.05, 0.1) is 0 Å². The number of nitrogens with one attached hydrogen (secondary N) is 1. The first kappa shape index (κ1) is 4.71. The summed E-state index contributed by atoms with van der Waals surface area (Å²) in [5.74, 6) is 1.00. The Morgan fingerprint density at radius 2 is 2.71 bits per heavy atom. The quantitative estimate of drug-likeness (QED) is 0.471. The lowest BCUT2D eigenvalue weighted by Gasteiger charge is -1.87. The lowest BCUT2D eigenvalue weighted by atomic mass is 10.6. The molecule has 0 spiro atoms. The predicted octanol–water partition coefficient (Wildman–Crippen LogP) is 0.780. The van der Waals surface area contributed by atoms with E-state index in [2.05, 4.69) is 9.93 Å². The van der Waals surface area contributed by atoms with Crippen molar-refractivity contribution in [2.75, 3.05) is 5.75 Å². The summed E-state index contributed by atoms with van der Waals surface area (Å²) in [4.78, 5) is 2.77. The molecule has 0 saturated carbocycles. The van der Waals surface area contributed by atoms with E-state index in [4.69, 9.17) is 0 Å². The van der Waals surface area contributed by atoms with Gasteiger partial charge in [0.1, 0.15) is 0 Å². The summed E-state index contributed by atoms with van der Waals surface area (Å²) >= 11 is 1.58. The van der Waals surface area contributed by atoms with Gasteiger partial charge in [0.15, 0.2) is 0 Å². The van der Waals surface area contributed by atoms with Gasteiger partial charge in [-0.05, 0) is 18.0 Å². The van der Waals surface area contributed by atoms with E-state index in [9.17, 15) is 0 Å². The molecule has 1 aliphatic heterocycles. The molecule has 0 amide bonds. The lowest BCUT2D eigenvalue weighted by Crippen LogP contribution is -1.88. The van der Waals surface area contributed by atoms with Crippen LogP contribution < -0.4 is 4.83 Å². The number of hydrogen-bond donors (Lipinski definition) is 1. The smallest absolute Gasteiger partial charge is 0.0475 e. The predicted molar refractivity (Wildman–Crippen MR) is 33.2 cm³/mol. The van der Waals surface area contributed by atoms with Crippen LogP contribution in [0.2, 0.25) is 0 Å². The molecule has 1 aliphatic rings. The van der Waals surface area contributed by atoms with E-state index in [0.29, 0.717) is 0 Å². The molecule has 0 aromatic rings. The second kappa shape index (κ2) is 2.69. The van der Waals surface area contributed by atoms with E-state index in [-0.39, 0.29) is 0 Å². The Kier molecular flexibility index (Phi) is 1.81. The zero-order valence-corrected chi connectivity index (χ0v) is 4.61. The van der Waals surface area contributed by atoms with Gasteiger partial charge in [0.2, 0.25) is 0 Å². The van der Waals surface area contributed by atoms with Crippen LogP contribution in [0.25, 0.3) is 0 Å². The Bertz CT molecular complexity index is 85.9. The zero-order chi connectivity index (χ0) is 4.95. The molecule has 0 saturated heterocycles. The van der Waals surface area contributed by atoms with Gasteiger partial charge < -0.3 is 0 Å². The Balaban J connectivity index is 2.39. The molecule has 7 heavy (non-hydrogen) atoms. The second-order valence-corrected chi connectivity index (χ2v) is 1.91. The van der Waals surface area contributed by atoms with Crippen molar-refractivity contribution in [1.29, 1.82) is 0 Å². The molecule has 0 aromatic carbocycles. The first-order valence-electron chi connectivity index (χ1n) is 2.05. The third-order valence-corrected chi connectivity index (χ3v) is 1.19. The van der Waals surface area contributed by atoms with E-state index >= 15 is 0 Å². The Labute approximate surface area is 46.8 Å². The van der Waals surface area contributed by atoms with E-state index in [1.165, 1.54) is 0 Å². The van der Waals surface area contributed by atoms with Crippen molar-refractivity contribution in [3.63, 3.8) is 0 Å². The minimum atomic E-state index is 1.00. The zero-order valence-electron chi connectivity index (χ0n) is 3.79. The standard InChI is InChI=1S/C4H6N2S/c1-2-4-7-6-5-3-1/h1-3,6H,4H2. The molecule has 0 atom stereocenters. The normalized spacial score (nSPS) is 18.3. The first-order chi connectivity index (χ1) is 3.50. The first-order valence-corrected chi connectivity index (χ1v) is 3.04. The highest BCUT2D eigenvalue weighted by Gasteiger charge is 1.79. The SMILES string of the molecule is C1=CCSNN=C1. The van der Waals surface area contributed by atoms with Crippen LogP contribution in [-0.4, -0.2) is 12.0 Å². The average molecular weight is 114 g/mol. The molecule has 0 aromatic heterocycles. The van der Waals surface area contributed by atoms with Crippen molar-refractivity contribution in [2.24, 2.45) is 5.10 Å². The summed E-state index contributed by atoms with van der Waals surface area (Å²) < 4.78 is 0. The molecule has 1 heterocycles. The van der Waals surface area contributed by atoms with E-state index in [1.807, 2.05) is 12.2 Å². The summed E-state index contributed by atoms with van der Waals surface area (Å²) in [5.41, 5.74) is 0. The maximum atomic E-state index is 3.77. The topological polar surface area (TPSA) is 24.4 Å². The second-order valence-electron chi connectivity index (χ2n) is 1.11. The van der Waals surface area contributed by atoms with Crippen LogP contribution in [0.4, 0.5) is 0 Å². The minimum absolute atomic E-state index is 1.00. The fourth-order valence-electron chi connectivity index (χ4n) is 0.313.